The normalized spacial score (nSPS) is 13.4. The highest BCUT2D eigenvalue weighted by Crippen LogP contribution is 2.32. The second-order valence-electron chi connectivity index (χ2n) is 6.16. The number of rotatable bonds is 7. The number of hydrogen-bond acceptors (Lipinski definition) is 6. The highest BCUT2D eigenvalue weighted by atomic mass is 79.9. The molecule has 0 saturated heterocycles. The molecule has 32 heavy (non-hydrogen) atoms. The number of allylic oxidation sites excluding steroid dienone is 1. The molecule has 1 heterocycles. The van der Waals surface area contributed by atoms with Crippen molar-refractivity contribution in [3.05, 3.63) is 64.3 Å². The molecule has 0 fully saturated rings. The van der Waals surface area contributed by atoms with Crippen LogP contribution in [0, 0.1) is 5.41 Å². The third-order valence-corrected chi connectivity index (χ3v) is 4.25. The number of carbonyl (C=O) groups excluding carboxylic acids is 1. The standard InChI is InChI=1S/C19H15BrF6N4O2/c1-2-32-17(31)15(16-28-8-11(20)9-29-16)13(7-14(27)19(24,25)26)30-12-5-3-10(4-6-12)18(21,22)23/h3-9,15,27,30H,2H2,1H3/b13-7-,27-14?. The van der Waals surface area contributed by atoms with E-state index >= 15 is 0 Å². The summed E-state index contributed by atoms with van der Waals surface area (Å²) < 4.78 is 82.8. The highest BCUT2D eigenvalue weighted by Gasteiger charge is 2.36. The van der Waals surface area contributed by atoms with Crippen LogP contribution in [-0.4, -0.2) is 34.4 Å². The maximum absolute atomic E-state index is 13.0. The van der Waals surface area contributed by atoms with Gasteiger partial charge in [0, 0.05) is 23.8 Å². The fourth-order valence-corrected chi connectivity index (χ4v) is 2.61. The maximum atomic E-state index is 13.0. The lowest BCUT2D eigenvalue weighted by Crippen LogP contribution is -2.27. The van der Waals surface area contributed by atoms with Crippen molar-refractivity contribution in [3.63, 3.8) is 0 Å². The quantitative estimate of drug-likeness (QED) is 0.284. The van der Waals surface area contributed by atoms with Gasteiger partial charge in [0.15, 0.2) is 5.92 Å². The lowest BCUT2D eigenvalue weighted by atomic mass is 10.0. The van der Waals surface area contributed by atoms with Crippen LogP contribution in [0.4, 0.5) is 32.0 Å². The number of alkyl halides is 6. The number of anilines is 1. The SMILES string of the molecule is CCOC(=O)C(/C(=C/C(=N)C(F)(F)F)Nc1ccc(C(F)(F)F)cc1)c1ncc(Br)cn1. The molecule has 13 heteroatoms. The first kappa shape index (κ1) is 25.3. The summed E-state index contributed by atoms with van der Waals surface area (Å²) in [6.45, 7) is 1.36. The van der Waals surface area contributed by atoms with Crippen molar-refractivity contribution < 1.29 is 35.9 Å². The Bertz CT molecular complexity index is 989. The lowest BCUT2D eigenvalue weighted by Gasteiger charge is -2.20. The van der Waals surface area contributed by atoms with Crippen molar-refractivity contribution in [2.45, 2.75) is 25.2 Å². The Labute approximate surface area is 186 Å². The molecule has 1 aromatic heterocycles. The van der Waals surface area contributed by atoms with Crippen LogP contribution >= 0.6 is 15.9 Å². The van der Waals surface area contributed by atoms with Crippen molar-refractivity contribution in [2.75, 3.05) is 11.9 Å². The van der Waals surface area contributed by atoms with Crippen molar-refractivity contribution in [1.82, 2.24) is 9.97 Å². The van der Waals surface area contributed by atoms with Gasteiger partial charge in [-0.15, -0.1) is 0 Å². The van der Waals surface area contributed by atoms with Gasteiger partial charge in [-0.05, 0) is 53.2 Å². The van der Waals surface area contributed by atoms with E-state index in [9.17, 15) is 31.1 Å². The van der Waals surface area contributed by atoms with Gasteiger partial charge in [0.2, 0.25) is 0 Å². The van der Waals surface area contributed by atoms with Crippen LogP contribution in [0.5, 0.6) is 0 Å². The smallest absolute Gasteiger partial charge is 0.432 e. The molecule has 6 nitrogen and oxygen atoms in total. The zero-order chi connectivity index (χ0) is 24.1. The average molecular weight is 525 g/mol. The first-order valence-electron chi connectivity index (χ1n) is 8.78. The van der Waals surface area contributed by atoms with E-state index in [2.05, 4.69) is 31.2 Å². The molecule has 2 rings (SSSR count). The molecule has 2 aromatic rings. The fraction of sp³-hybridized carbons (Fsp3) is 0.263. The fourth-order valence-electron chi connectivity index (χ4n) is 2.41. The number of nitrogens with zero attached hydrogens (tertiary/aromatic N) is 2. The van der Waals surface area contributed by atoms with E-state index in [1.165, 1.54) is 19.3 Å². The molecule has 1 aromatic carbocycles. The van der Waals surface area contributed by atoms with E-state index in [1.54, 1.807) is 0 Å². The van der Waals surface area contributed by atoms with Gasteiger partial charge in [-0.2, -0.15) is 26.3 Å². The third-order valence-electron chi connectivity index (χ3n) is 3.84. The molecule has 0 aliphatic heterocycles. The van der Waals surface area contributed by atoms with Gasteiger partial charge < -0.3 is 10.1 Å². The monoisotopic (exact) mass is 524 g/mol. The van der Waals surface area contributed by atoms with Gasteiger partial charge in [-0.3, -0.25) is 10.2 Å². The molecule has 1 atom stereocenters. The van der Waals surface area contributed by atoms with E-state index in [-0.39, 0.29) is 18.1 Å². The number of benzene rings is 1. The highest BCUT2D eigenvalue weighted by molar-refractivity contribution is 9.10. The number of nitrogens with one attached hydrogen (secondary N) is 2. The Morgan fingerprint density at radius 2 is 1.72 bits per heavy atom. The summed E-state index contributed by atoms with van der Waals surface area (Å²) in [5.74, 6) is -2.88. The molecule has 0 amide bonds. The average Bonchev–Trinajstić information content (AvgIpc) is 2.69. The summed E-state index contributed by atoms with van der Waals surface area (Å²) in [7, 11) is 0. The van der Waals surface area contributed by atoms with Crippen LogP contribution in [-0.2, 0) is 15.7 Å². The Kier molecular flexibility index (Phi) is 7.99. The molecule has 172 valence electrons. The summed E-state index contributed by atoms with van der Waals surface area (Å²) in [4.78, 5) is 20.4. The second kappa shape index (κ2) is 10.1. The zero-order valence-corrected chi connectivity index (χ0v) is 17.8. The van der Waals surface area contributed by atoms with Gasteiger partial charge in [0.1, 0.15) is 11.5 Å². The Hall–Kier alpha value is -2.96. The second-order valence-corrected chi connectivity index (χ2v) is 7.07. The Morgan fingerprint density at radius 3 is 2.19 bits per heavy atom. The number of hydrogen-bond donors (Lipinski definition) is 2. The van der Waals surface area contributed by atoms with Gasteiger partial charge in [0.05, 0.1) is 16.6 Å². The molecular weight excluding hydrogens is 510 g/mol. The first-order chi connectivity index (χ1) is 14.8. The van der Waals surface area contributed by atoms with Crippen molar-refractivity contribution >= 4 is 33.3 Å². The van der Waals surface area contributed by atoms with Crippen LogP contribution in [0.1, 0.15) is 24.2 Å². The Morgan fingerprint density at radius 1 is 1.16 bits per heavy atom. The van der Waals surface area contributed by atoms with Crippen LogP contribution in [0.15, 0.2) is 52.9 Å². The van der Waals surface area contributed by atoms with Gasteiger partial charge in [-0.1, -0.05) is 0 Å². The van der Waals surface area contributed by atoms with Crippen molar-refractivity contribution in [2.24, 2.45) is 0 Å². The number of halogens is 7. The zero-order valence-electron chi connectivity index (χ0n) is 16.2. The van der Waals surface area contributed by atoms with E-state index < -0.39 is 41.2 Å². The van der Waals surface area contributed by atoms with Crippen LogP contribution in [0.2, 0.25) is 0 Å². The van der Waals surface area contributed by atoms with E-state index in [0.717, 1.165) is 12.1 Å². The summed E-state index contributed by atoms with van der Waals surface area (Å²) in [6, 6.07) is 3.37. The molecule has 0 aliphatic rings. The molecule has 0 radical (unpaired) electrons. The van der Waals surface area contributed by atoms with Crippen LogP contribution in [0.25, 0.3) is 0 Å². The minimum absolute atomic E-state index is 0.0642. The molecule has 0 spiro atoms. The third kappa shape index (κ3) is 6.77. The maximum Gasteiger partial charge on any atom is 0.432 e. The number of ether oxygens (including phenoxy) is 1. The molecule has 1 unspecified atom stereocenters. The minimum atomic E-state index is -5.05. The van der Waals surface area contributed by atoms with Crippen LogP contribution < -0.4 is 5.32 Å². The number of esters is 1. The topological polar surface area (TPSA) is 88.0 Å². The summed E-state index contributed by atoms with van der Waals surface area (Å²) in [6.07, 6.45) is -6.83. The number of carbonyl (C=O) groups is 1. The predicted octanol–water partition coefficient (Wildman–Crippen LogP) is 5.48. The largest absolute Gasteiger partial charge is 0.465 e. The molecule has 2 N–H and O–H groups in total. The van der Waals surface area contributed by atoms with E-state index in [1.807, 2.05) is 0 Å². The van der Waals surface area contributed by atoms with Gasteiger partial charge >= 0.3 is 18.3 Å². The van der Waals surface area contributed by atoms with Gasteiger partial charge in [0.25, 0.3) is 0 Å². The molecule has 0 bridgehead atoms. The molecular formula is C19H15BrF6N4O2. The van der Waals surface area contributed by atoms with Crippen LogP contribution in [0.3, 0.4) is 0 Å². The summed E-state index contributed by atoms with van der Waals surface area (Å²) >= 11 is 3.10. The van der Waals surface area contributed by atoms with E-state index in [4.69, 9.17) is 10.1 Å². The molecule has 0 aliphatic carbocycles. The summed E-state index contributed by atoms with van der Waals surface area (Å²) in [5, 5.41) is 9.77. The van der Waals surface area contributed by atoms with Gasteiger partial charge in [-0.25, -0.2) is 9.97 Å². The van der Waals surface area contributed by atoms with Crippen molar-refractivity contribution in [1.29, 1.82) is 5.41 Å². The van der Waals surface area contributed by atoms with E-state index in [0.29, 0.717) is 22.7 Å². The number of aromatic nitrogens is 2. The first-order valence-corrected chi connectivity index (χ1v) is 9.58. The minimum Gasteiger partial charge on any atom is -0.465 e. The van der Waals surface area contributed by atoms with Crippen molar-refractivity contribution in [3.8, 4) is 0 Å². The molecule has 0 saturated carbocycles. The Balaban J connectivity index is 2.56. The summed E-state index contributed by atoms with van der Waals surface area (Å²) in [5.41, 5.74) is -3.35. The predicted molar refractivity (Wildman–Crippen MR) is 106 cm³/mol. The lowest BCUT2D eigenvalue weighted by molar-refractivity contribution is -0.144.